The first-order chi connectivity index (χ1) is 6.68. The smallest absolute Gasteiger partial charge is 0.152 e. The molecular weight excluding hydrogens is 174 g/mol. The van der Waals surface area contributed by atoms with Crippen molar-refractivity contribution in [3.8, 4) is 0 Å². The highest BCUT2D eigenvalue weighted by Gasteiger charge is 2.48. The number of hydrogen-bond donors (Lipinski definition) is 0. The molecule has 0 bridgehead atoms. The summed E-state index contributed by atoms with van der Waals surface area (Å²) in [4.78, 5) is 9.21. The van der Waals surface area contributed by atoms with E-state index in [1.165, 1.54) is 17.7 Å². The van der Waals surface area contributed by atoms with Crippen molar-refractivity contribution in [2.75, 3.05) is 23.9 Å². The molecule has 1 aliphatic heterocycles. The van der Waals surface area contributed by atoms with Gasteiger partial charge in [-0.15, -0.1) is 0 Å². The van der Waals surface area contributed by atoms with E-state index >= 15 is 0 Å². The normalized spacial score (nSPS) is 28.5. The Labute approximate surface area is 84.3 Å². The number of pyridine rings is 1. The van der Waals surface area contributed by atoms with Crippen LogP contribution in [0.1, 0.15) is 12.0 Å². The number of aromatic nitrogens is 1. The number of hydrogen-bond acceptors (Lipinski definition) is 3. The molecule has 1 aromatic heterocycles. The van der Waals surface area contributed by atoms with Crippen LogP contribution in [0.5, 0.6) is 0 Å². The van der Waals surface area contributed by atoms with Gasteiger partial charge in [-0.2, -0.15) is 0 Å². The van der Waals surface area contributed by atoms with Crippen LogP contribution in [0.15, 0.2) is 12.3 Å². The fourth-order valence-electron chi connectivity index (χ4n) is 2.41. The average molecular weight is 189 g/mol. The number of anilines is 2. The van der Waals surface area contributed by atoms with Gasteiger partial charge in [0.1, 0.15) is 0 Å². The maximum Gasteiger partial charge on any atom is 0.152 e. The Morgan fingerprint density at radius 3 is 2.79 bits per heavy atom. The molecule has 2 unspecified atom stereocenters. The number of rotatable bonds is 0. The molecular formula is C11H15N3. The van der Waals surface area contributed by atoms with Gasteiger partial charge in [-0.1, -0.05) is 0 Å². The van der Waals surface area contributed by atoms with E-state index in [1.54, 1.807) is 0 Å². The monoisotopic (exact) mass is 189 g/mol. The van der Waals surface area contributed by atoms with Crippen molar-refractivity contribution in [1.82, 2.24) is 4.98 Å². The first-order valence-electron chi connectivity index (χ1n) is 5.11. The molecule has 3 rings (SSSR count). The minimum absolute atomic E-state index is 0.697. The van der Waals surface area contributed by atoms with Crippen molar-refractivity contribution in [2.24, 2.45) is 0 Å². The van der Waals surface area contributed by atoms with E-state index in [0.717, 1.165) is 11.9 Å². The second-order valence-corrected chi connectivity index (χ2v) is 4.45. The van der Waals surface area contributed by atoms with Gasteiger partial charge in [0, 0.05) is 20.3 Å². The molecule has 14 heavy (non-hydrogen) atoms. The molecule has 74 valence electrons. The molecule has 2 heterocycles. The Bertz CT molecular complexity index is 388. The summed E-state index contributed by atoms with van der Waals surface area (Å²) in [6.07, 6.45) is 3.23. The van der Waals surface area contributed by atoms with Crippen LogP contribution in [0.4, 0.5) is 11.5 Å². The maximum atomic E-state index is 4.51. The van der Waals surface area contributed by atoms with Gasteiger partial charge in [-0.3, -0.25) is 0 Å². The minimum atomic E-state index is 0.697. The first-order valence-corrected chi connectivity index (χ1v) is 5.11. The van der Waals surface area contributed by atoms with Crippen LogP contribution in [0.3, 0.4) is 0 Å². The van der Waals surface area contributed by atoms with Gasteiger partial charge in [-0.05, 0) is 25.0 Å². The second kappa shape index (κ2) is 2.41. The molecule has 3 nitrogen and oxygen atoms in total. The molecule has 0 spiro atoms. The average Bonchev–Trinajstić information content (AvgIpc) is 2.94. The summed E-state index contributed by atoms with van der Waals surface area (Å²) >= 11 is 0. The zero-order chi connectivity index (χ0) is 9.87. The molecule has 2 aliphatic rings. The van der Waals surface area contributed by atoms with Crippen molar-refractivity contribution < 1.29 is 0 Å². The second-order valence-electron chi connectivity index (χ2n) is 4.45. The lowest BCUT2D eigenvalue weighted by atomic mass is 10.2. The molecule has 2 atom stereocenters. The van der Waals surface area contributed by atoms with Crippen molar-refractivity contribution in [2.45, 2.75) is 25.4 Å². The van der Waals surface area contributed by atoms with Gasteiger partial charge in [0.2, 0.25) is 0 Å². The van der Waals surface area contributed by atoms with Gasteiger partial charge in [-0.25, -0.2) is 4.98 Å². The zero-order valence-electron chi connectivity index (χ0n) is 8.86. The summed E-state index contributed by atoms with van der Waals surface area (Å²) in [5.41, 5.74) is 2.52. The van der Waals surface area contributed by atoms with Crippen LogP contribution in [0.25, 0.3) is 0 Å². The summed E-state index contributed by atoms with van der Waals surface area (Å²) in [5.74, 6) is 1.14. The number of likely N-dealkylation sites (N-methyl/N-ethyl adjacent to an activating group) is 2. The molecule has 3 heteroatoms. The van der Waals surface area contributed by atoms with Gasteiger partial charge < -0.3 is 9.80 Å². The van der Waals surface area contributed by atoms with Crippen LogP contribution in [-0.2, 0) is 0 Å². The first kappa shape index (κ1) is 8.09. The maximum absolute atomic E-state index is 4.51. The summed E-state index contributed by atoms with van der Waals surface area (Å²) in [6.45, 7) is 2.10. The van der Waals surface area contributed by atoms with E-state index in [9.17, 15) is 0 Å². The van der Waals surface area contributed by atoms with Crippen LogP contribution < -0.4 is 9.80 Å². The number of fused-ring (bicyclic) bond motifs is 2. The van der Waals surface area contributed by atoms with Gasteiger partial charge in [0.05, 0.1) is 17.8 Å². The van der Waals surface area contributed by atoms with E-state index in [2.05, 4.69) is 41.9 Å². The molecule has 0 N–H and O–H groups in total. The van der Waals surface area contributed by atoms with E-state index < -0.39 is 0 Å². The van der Waals surface area contributed by atoms with Gasteiger partial charge in [0.15, 0.2) is 5.82 Å². The standard InChI is InChI=1S/C11H15N3/c1-7-4-10-11(12-6-7)14(3)9-5-8(9)13(10)2/h4,6,8-9H,5H2,1-3H3. The van der Waals surface area contributed by atoms with Crippen molar-refractivity contribution in [3.05, 3.63) is 17.8 Å². The highest BCUT2D eigenvalue weighted by molar-refractivity contribution is 5.73. The Kier molecular flexibility index (Phi) is 1.39. The largest absolute Gasteiger partial charge is 0.366 e. The topological polar surface area (TPSA) is 19.4 Å². The Morgan fingerprint density at radius 2 is 2.00 bits per heavy atom. The van der Waals surface area contributed by atoms with E-state index in [1.807, 2.05) is 6.20 Å². The van der Waals surface area contributed by atoms with Crippen LogP contribution in [-0.4, -0.2) is 31.2 Å². The highest BCUT2D eigenvalue weighted by atomic mass is 15.4. The Balaban J connectivity index is 2.15. The third-order valence-corrected chi connectivity index (χ3v) is 3.42. The van der Waals surface area contributed by atoms with Gasteiger partial charge >= 0.3 is 0 Å². The summed E-state index contributed by atoms with van der Waals surface area (Å²) < 4.78 is 0. The van der Waals surface area contributed by atoms with Crippen molar-refractivity contribution in [3.63, 3.8) is 0 Å². The fraction of sp³-hybridized carbons (Fsp3) is 0.545. The lowest BCUT2D eigenvalue weighted by Gasteiger charge is -2.33. The Morgan fingerprint density at radius 1 is 1.29 bits per heavy atom. The minimum Gasteiger partial charge on any atom is -0.366 e. The predicted molar refractivity (Wildman–Crippen MR) is 58.0 cm³/mol. The van der Waals surface area contributed by atoms with E-state index in [4.69, 9.17) is 0 Å². The molecule has 0 aromatic carbocycles. The lowest BCUT2D eigenvalue weighted by Crippen LogP contribution is -2.37. The SMILES string of the molecule is Cc1cnc2c(c1)N(C)C1CC1N2C. The third kappa shape index (κ3) is 0.897. The molecule has 0 amide bonds. The Hall–Kier alpha value is -1.25. The molecule has 1 saturated carbocycles. The summed E-state index contributed by atoms with van der Waals surface area (Å²) in [7, 11) is 4.33. The summed E-state index contributed by atoms with van der Waals surface area (Å²) in [5, 5.41) is 0. The molecule has 0 radical (unpaired) electrons. The molecule has 1 aromatic rings. The summed E-state index contributed by atoms with van der Waals surface area (Å²) in [6, 6.07) is 3.65. The molecule has 1 aliphatic carbocycles. The van der Waals surface area contributed by atoms with Crippen LogP contribution >= 0.6 is 0 Å². The van der Waals surface area contributed by atoms with Gasteiger partial charge in [0.25, 0.3) is 0 Å². The van der Waals surface area contributed by atoms with Crippen LogP contribution in [0.2, 0.25) is 0 Å². The zero-order valence-corrected chi connectivity index (χ0v) is 8.86. The quantitative estimate of drug-likeness (QED) is 0.615. The highest BCUT2D eigenvalue weighted by Crippen LogP contribution is 2.45. The molecule has 0 saturated heterocycles. The number of nitrogens with zero attached hydrogens (tertiary/aromatic N) is 3. The van der Waals surface area contributed by atoms with E-state index in [-0.39, 0.29) is 0 Å². The van der Waals surface area contributed by atoms with Crippen molar-refractivity contribution >= 4 is 11.5 Å². The van der Waals surface area contributed by atoms with E-state index in [0.29, 0.717) is 6.04 Å². The molecule has 1 fully saturated rings. The van der Waals surface area contributed by atoms with Crippen molar-refractivity contribution in [1.29, 1.82) is 0 Å². The predicted octanol–water partition coefficient (Wildman–Crippen LogP) is 1.42. The van der Waals surface area contributed by atoms with Crippen LogP contribution in [0, 0.1) is 6.92 Å². The third-order valence-electron chi connectivity index (χ3n) is 3.42. The number of aryl methyl sites for hydroxylation is 1. The fourth-order valence-corrected chi connectivity index (χ4v) is 2.41. The lowest BCUT2D eigenvalue weighted by molar-refractivity contribution is 0.773.